The molecule has 162 valence electrons. The molecule has 1 atom stereocenters. The summed E-state index contributed by atoms with van der Waals surface area (Å²) in [5, 5.41) is 4.20. The Bertz CT molecular complexity index is 1160. The quantitative estimate of drug-likeness (QED) is 0.408. The molecule has 3 rings (SSSR count). The lowest BCUT2D eigenvalue weighted by molar-refractivity contribution is -0.125. The number of hydrogen-bond donors (Lipinski definition) is 1. The molecular formula is C23H24ClN3O3S. The highest BCUT2D eigenvalue weighted by atomic mass is 35.5. The van der Waals surface area contributed by atoms with E-state index in [1.165, 1.54) is 6.92 Å². The van der Waals surface area contributed by atoms with Crippen molar-refractivity contribution in [2.24, 2.45) is 0 Å². The van der Waals surface area contributed by atoms with Crippen LogP contribution < -0.4 is 10.9 Å². The third-order valence-electron chi connectivity index (χ3n) is 4.79. The van der Waals surface area contributed by atoms with Crippen LogP contribution in [0.5, 0.6) is 0 Å². The number of benzene rings is 2. The molecule has 3 aromatic rings. The van der Waals surface area contributed by atoms with Crippen molar-refractivity contribution in [1.82, 2.24) is 14.9 Å². The second kappa shape index (κ2) is 10.1. The highest BCUT2D eigenvalue weighted by Gasteiger charge is 2.20. The third-order valence-corrected chi connectivity index (χ3v) is 5.98. The van der Waals surface area contributed by atoms with Crippen LogP contribution >= 0.6 is 23.4 Å². The minimum atomic E-state index is -0.605. The van der Waals surface area contributed by atoms with Crippen LogP contribution in [0, 0.1) is 0 Å². The number of fused-ring (bicyclic) bond motifs is 1. The van der Waals surface area contributed by atoms with Gasteiger partial charge < -0.3 is 5.32 Å². The lowest BCUT2D eigenvalue weighted by atomic mass is 10.0. The molecule has 0 aliphatic carbocycles. The van der Waals surface area contributed by atoms with Crippen LogP contribution in [0.15, 0.2) is 58.5 Å². The summed E-state index contributed by atoms with van der Waals surface area (Å²) in [6.07, 6.45) is 0.427. The first-order chi connectivity index (χ1) is 14.8. The van der Waals surface area contributed by atoms with E-state index < -0.39 is 6.04 Å². The van der Waals surface area contributed by atoms with Crippen LogP contribution in [0.25, 0.3) is 10.9 Å². The van der Waals surface area contributed by atoms with Gasteiger partial charge in [0.25, 0.3) is 5.56 Å². The van der Waals surface area contributed by atoms with E-state index in [1.807, 2.05) is 44.2 Å². The Labute approximate surface area is 190 Å². The third kappa shape index (κ3) is 5.74. The maximum Gasteiger partial charge on any atom is 0.262 e. The summed E-state index contributed by atoms with van der Waals surface area (Å²) < 4.78 is 1.57. The first-order valence-electron chi connectivity index (χ1n) is 9.94. The Hall–Kier alpha value is -2.64. The van der Waals surface area contributed by atoms with Gasteiger partial charge in [0.1, 0.15) is 0 Å². The van der Waals surface area contributed by atoms with Crippen molar-refractivity contribution in [2.45, 2.75) is 44.4 Å². The molecule has 31 heavy (non-hydrogen) atoms. The van der Waals surface area contributed by atoms with Gasteiger partial charge in [0, 0.05) is 11.1 Å². The van der Waals surface area contributed by atoms with Gasteiger partial charge in [-0.05, 0) is 51.0 Å². The Kier molecular flexibility index (Phi) is 7.51. The molecular weight excluding hydrogens is 434 g/mol. The molecule has 8 heteroatoms. The molecule has 1 N–H and O–H groups in total. The van der Waals surface area contributed by atoms with Gasteiger partial charge in [-0.25, -0.2) is 4.98 Å². The van der Waals surface area contributed by atoms with Crippen molar-refractivity contribution >= 4 is 46.0 Å². The van der Waals surface area contributed by atoms with Crippen LogP contribution in [0.3, 0.4) is 0 Å². The van der Waals surface area contributed by atoms with E-state index >= 15 is 0 Å². The maximum atomic E-state index is 12.9. The van der Waals surface area contributed by atoms with Gasteiger partial charge in [0.05, 0.1) is 22.7 Å². The minimum Gasteiger partial charge on any atom is -0.345 e. The Morgan fingerprint density at radius 1 is 1.16 bits per heavy atom. The molecule has 0 saturated heterocycles. The number of halogens is 1. The summed E-state index contributed by atoms with van der Waals surface area (Å²) in [5.41, 5.74) is 1.28. The first kappa shape index (κ1) is 23.0. The fourth-order valence-corrected chi connectivity index (χ4v) is 4.33. The van der Waals surface area contributed by atoms with Crippen LogP contribution in [-0.2, 0) is 16.0 Å². The van der Waals surface area contributed by atoms with Crippen LogP contribution in [0.4, 0.5) is 0 Å². The summed E-state index contributed by atoms with van der Waals surface area (Å²) in [5.74, 6) is -0.374. The molecule has 1 aromatic heterocycles. The van der Waals surface area contributed by atoms with Crippen LogP contribution in [0.1, 0.15) is 32.4 Å². The second-order valence-electron chi connectivity index (χ2n) is 7.53. The molecule has 0 fully saturated rings. The molecule has 0 aliphatic rings. The molecule has 0 aliphatic heterocycles. The van der Waals surface area contributed by atoms with Crippen molar-refractivity contribution in [2.75, 3.05) is 5.75 Å². The predicted molar refractivity (Wildman–Crippen MR) is 125 cm³/mol. The van der Waals surface area contributed by atoms with Crippen molar-refractivity contribution in [3.63, 3.8) is 0 Å². The van der Waals surface area contributed by atoms with Gasteiger partial charge in [0.15, 0.2) is 10.9 Å². The van der Waals surface area contributed by atoms with Gasteiger partial charge in [0.2, 0.25) is 5.91 Å². The lowest BCUT2D eigenvalue weighted by Gasteiger charge is -2.18. The van der Waals surface area contributed by atoms with Gasteiger partial charge in [-0.2, -0.15) is 0 Å². The van der Waals surface area contributed by atoms with E-state index in [9.17, 15) is 14.4 Å². The molecule has 0 unspecified atom stereocenters. The molecule has 6 nitrogen and oxygen atoms in total. The summed E-state index contributed by atoms with van der Waals surface area (Å²) in [6.45, 7) is 5.24. The topological polar surface area (TPSA) is 81.1 Å². The standard InChI is InChI=1S/C23H24ClN3O3S/c1-14(2)27-22(30)18-10-9-17(24)12-20(18)26-23(27)31-13-21(29)25-19(15(3)28)11-16-7-5-4-6-8-16/h4-10,12,14,19H,11,13H2,1-3H3,(H,25,29)/t19-/m1/s1. The predicted octanol–water partition coefficient (Wildman–Crippen LogP) is 4.04. The number of hydrogen-bond acceptors (Lipinski definition) is 5. The smallest absolute Gasteiger partial charge is 0.262 e. The average Bonchev–Trinajstić information content (AvgIpc) is 2.72. The Balaban J connectivity index is 1.77. The second-order valence-corrected chi connectivity index (χ2v) is 8.91. The van der Waals surface area contributed by atoms with E-state index in [0.29, 0.717) is 27.5 Å². The van der Waals surface area contributed by atoms with Gasteiger partial charge in [-0.1, -0.05) is 53.7 Å². The fourth-order valence-electron chi connectivity index (χ4n) is 3.22. The molecule has 1 heterocycles. The Morgan fingerprint density at radius 2 is 1.87 bits per heavy atom. The van der Waals surface area contributed by atoms with E-state index in [2.05, 4.69) is 10.3 Å². The van der Waals surface area contributed by atoms with E-state index in [0.717, 1.165) is 17.3 Å². The van der Waals surface area contributed by atoms with Gasteiger partial charge in [-0.3, -0.25) is 19.0 Å². The summed E-state index contributed by atoms with van der Waals surface area (Å²) in [6, 6.07) is 13.8. The van der Waals surface area contributed by atoms with E-state index in [-0.39, 0.29) is 29.0 Å². The van der Waals surface area contributed by atoms with E-state index in [1.54, 1.807) is 22.8 Å². The summed E-state index contributed by atoms with van der Waals surface area (Å²) in [7, 11) is 0. The summed E-state index contributed by atoms with van der Waals surface area (Å²) >= 11 is 7.22. The zero-order valence-corrected chi connectivity index (χ0v) is 19.2. The zero-order valence-electron chi connectivity index (χ0n) is 17.6. The highest BCUT2D eigenvalue weighted by Crippen LogP contribution is 2.22. The average molecular weight is 458 g/mol. The fraction of sp³-hybridized carbons (Fsp3) is 0.304. The monoisotopic (exact) mass is 457 g/mol. The number of rotatable bonds is 8. The number of nitrogens with one attached hydrogen (secondary N) is 1. The lowest BCUT2D eigenvalue weighted by Crippen LogP contribution is -2.42. The molecule has 0 saturated carbocycles. The number of nitrogens with zero attached hydrogens (tertiary/aromatic N) is 2. The number of aromatic nitrogens is 2. The van der Waals surface area contributed by atoms with Gasteiger partial charge in [-0.15, -0.1) is 0 Å². The minimum absolute atomic E-state index is 0.0315. The number of amides is 1. The number of thioether (sulfide) groups is 1. The van der Waals surface area contributed by atoms with Crippen molar-refractivity contribution in [3.8, 4) is 0 Å². The van der Waals surface area contributed by atoms with E-state index in [4.69, 9.17) is 11.6 Å². The highest BCUT2D eigenvalue weighted by molar-refractivity contribution is 7.99. The van der Waals surface area contributed by atoms with Crippen molar-refractivity contribution in [1.29, 1.82) is 0 Å². The molecule has 0 bridgehead atoms. The molecule has 2 aromatic carbocycles. The SMILES string of the molecule is CC(=O)[C@@H](Cc1ccccc1)NC(=O)CSc1nc2cc(Cl)ccc2c(=O)n1C(C)C. The van der Waals surface area contributed by atoms with Crippen LogP contribution in [-0.4, -0.2) is 33.0 Å². The molecule has 1 amide bonds. The zero-order chi connectivity index (χ0) is 22.5. The maximum absolute atomic E-state index is 12.9. The van der Waals surface area contributed by atoms with Gasteiger partial charge >= 0.3 is 0 Å². The Morgan fingerprint density at radius 3 is 2.52 bits per heavy atom. The number of carbonyl (C=O) groups is 2. The van der Waals surface area contributed by atoms with Crippen LogP contribution in [0.2, 0.25) is 5.02 Å². The number of Topliss-reactive ketones (excluding diaryl/α,β-unsaturated/α-hetero) is 1. The van der Waals surface area contributed by atoms with Crippen molar-refractivity contribution < 1.29 is 9.59 Å². The number of carbonyl (C=O) groups excluding carboxylic acids is 2. The number of ketones is 1. The summed E-state index contributed by atoms with van der Waals surface area (Å²) in [4.78, 5) is 42.1. The largest absolute Gasteiger partial charge is 0.345 e. The first-order valence-corrected chi connectivity index (χ1v) is 11.3. The van der Waals surface area contributed by atoms with Crippen molar-refractivity contribution in [3.05, 3.63) is 69.5 Å². The molecule has 0 radical (unpaired) electrons. The molecule has 0 spiro atoms. The normalized spacial score (nSPS) is 12.2.